The number of benzene rings is 3. The molecule has 0 aliphatic heterocycles. The summed E-state index contributed by atoms with van der Waals surface area (Å²) < 4.78 is 5.15. The molecule has 5 heteroatoms. The van der Waals surface area contributed by atoms with Crippen LogP contribution >= 0.6 is 11.6 Å². The van der Waals surface area contributed by atoms with Crippen LogP contribution in [0.2, 0.25) is 5.02 Å². The van der Waals surface area contributed by atoms with Crippen molar-refractivity contribution in [3.05, 3.63) is 76.8 Å². The molecule has 0 heterocycles. The second kappa shape index (κ2) is 7.58. The van der Waals surface area contributed by atoms with Gasteiger partial charge in [-0.2, -0.15) is 0 Å². The van der Waals surface area contributed by atoms with Crippen molar-refractivity contribution in [3.63, 3.8) is 0 Å². The summed E-state index contributed by atoms with van der Waals surface area (Å²) in [4.78, 5) is 24.5. The van der Waals surface area contributed by atoms with Gasteiger partial charge in [0.2, 0.25) is 0 Å². The predicted molar refractivity (Wildman–Crippen MR) is 104 cm³/mol. The van der Waals surface area contributed by atoms with Gasteiger partial charge in [0.05, 0.1) is 11.7 Å². The first-order valence-electron chi connectivity index (χ1n) is 8.25. The first kappa shape index (κ1) is 18.0. The van der Waals surface area contributed by atoms with Crippen LogP contribution in [0.3, 0.4) is 0 Å². The Morgan fingerprint density at radius 3 is 2.27 bits per heavy atom. The second-order valence-corrected chi connectivity index (χ2v) is 6.53. The van der Waals surface area contributed by atoms with Crippen molar-refractivity contribution < 1.29 is 14.3 Å². The average molecular weight is 368 g/mol. The molecule has 0 spiro atoms. The number of esters is 1. The number of hydrogen-bond donors (Lipinski definition) is 1. The van der Waals surface area contributed by atoms with Crippen LogP contribution in [0, 0.1) is 0 Å². The van der Waals surface area contributed by atoms with Crippen molar-refractivity contribution in [2.45, 2.75) is 20.0 Å². The molecule has 0 saturated carbocycles. The molecular weight excluding hydrogens is 350 g/mol. The molecule has 132 valence electrons. The van der Waals surface area contributed by atoms with Crippen LogP contribution in [0.4, 0.5) is 5.69 Å². The van der Waals surface area contributed by atoms with Gasteiger partial charge in [0, 0.05) is 21.7 Å². The Balaban J connectivity index is 1.81. The number of carbonyl (C=O) groups excluding carboxylic acids is 2. The van der Waals surface area contributed by atoms with E-state index < -0.39 is 0 Å². The highest BCUT2D eigenvalue weighted by Gasteiger charge is 2.13. The first-order valence-corrected chi connectivity index (χ1v) is 8.63. The van der Waals surface area contributed by atoms with Gasteiger partial charge in [0.15, 0.2) is 0 Å². The smallest absolute Gasteiger partial charge is 0.338 e. The number of fused-ring (bicyclic) bond motifs is 1. The molecule has 3 aromatic carbocycles. The highest BCUT2D eigenvalue weighted by Crippen LogP contribution is 2.26. The summed E-state index contributed by atoms with van der Waals surface area (Å²) in [5, 5.41) is 5.06. The van der Waals surface area contributed by atoms with E-state index in [0.29, 0.717) is 21.8 Å². The number of rotatable bonds is 4. The third-order valence-corrected chi connectivity index (χ3v) is 4.16. The zero-order valence-corrected chi connectivity index (χ0v) is 15.2. The number of hydrogen-bond acceptors (Lipinski definition) is 3. The molecular formula is C21H18ClNO3. The predicted octanol–water partition coefficient (Wildman–Crippen LogP) is 5.31. The Morgan fingerprint density at radius 1 is 0.923 bits per heavy atom. The van der Waals surface area contributed by atoms with Crippen LogP contribution in [-0.4, -0.2) is 18.0 Å². The van der Waals surface area contributed by atoms with Crippen LogP contribution in [-0.2, 0) is 4.74 Å². The largest absolute Gasteiger partial charge is 0.459 e. The van der Waals surface area contributed by atoms with Gasteiger partial charge in [-0.3, -0.25) is 4.79 Å². The highest BCUT2D eigenvalue weighted by atomic mass is 35.5. The van der Waals surface area contributed by atoms with Crippen molar-refractivity contribution in [1.82, 2.24) is 0 Å². The number of ether oxygens (including phenoxy) is 1. The van der Waals surface area contributed by atoms with Crippen molar-refractivity contribution in [2.75, 3.05) is 5.32 Å². The summed E-state index contributed by atoms with van der Waals surface area (Å²) in [6, 6.07) is 17.5. The molecule has 0 fully saturated rings. The van der Waals surface area contributed by atoms with Crippen LogP contribution in [0.25, 0.3) is 10.8 Å². The van der Waals surface area contributed by atoms with Gasteiger partial charge in [0.25, 0.3) is 5.91 Å². The third-order valence-electron chi connectivity index (χ3n) is 3.83. The zero-order chi connectivity index (χ0) is 18.7. The van der Waals surface area contributed by atoms with Crippen molar-refractivity contribution in [1.29, 1.82) is 0 Å². The summed E-state index contributed by atoms with van der Waals surface area (Å²) in [6.45, 7) is 3.59. The van der Waals surface area contributed by atoms with E-state index >= 15 is 0 Å². The van der Waals surface area contributed by atoms with Crippen molar-refractivity contribution in [3.8, 4) is 0 Å². The Bertz CT molecular complexity index is 965. The summed E-state index contributed by atoms with van der Waals surface area (Å²) in [5.41, 5.74) is 1.57. The minimum atomic E-state index is -0.387. The lowest BCUT2D eigenvalue weighted by molar-refractivity contribution is 0.0378. The molecule has 0 unspecified atom stereocenters. The van der Waals surface area contributed by atoms with E-state index in [1.807, 2.05) is 18.2 Å². The normalized spacial score (nSPS) is 10.8. The van der Waals surface area contributed by atoms with Crippen LogP contribution in [0.5, 0.6) is 0 Å². The molecule has 1 amide bonds. The summed E-state index contributed by atoms with van der Waals surface area (Å²) in [5.74, 6) is -0.628. The number of amides is 1. The van der Waals surface area contributed by atoms with Gasteiger partial charge in [-0.1, -0.05) is 35.9 Å². The maximum atomic E-state index is 12.7. The molecule has 0 saturated heterocycles. The maximum absolute atomic E-state index is 12.7. The third kappa shape index (κ3) is 3.86. The second-order valence-electron chi connectivity index (χ2n) is 6.13. The SMILES string of the molecule is CC(C)OC(=O)c1ccc(NC(=O)c2cccc3c(Cl)cccc23)cc1. The molecule has 3 rings (SSSR count). The number of anilines is 1. The minimum Gasteiger partial charge on any atom is -0.459 e. The lowest BCUT2D eigenvalue weighted by atomic mass is 10.0. The van der Waals surface area contributed by atoms with E-state index in [2.05, 4.69) is 5.32 Å². The van der Waals surface area contributed by atoms with E-state index in [-0.39, 0.29) is 18.0 Å². The average Bonchev–Trinajstić information content (AvgIpc) is 2.61. The van der Waals surface area contributed by atoms with Gasteiger partial charge in [-0.15, -0.1) is 0 Å². The lowest BCUT2D eigenvalue weighted by Gasteiger charge is -2.10. The molecule has 3 aromatic rings. The van der Waals surface area contributed by atoms with Crippen molar-refractivity contribution in [2.24, 2.45) is 0 Å². The van der Waals surface area contributed by atoms with Crippen LogP contribution < -0.4 is 5.32 Å². The van der Waals surface area contributed by atoms with Gasteiger partial charge in [0.1, 0.15) is 0 Å². The summed E-state index contributed by atoms with van der Waals surface area (Å²) >= 11 is 6.20. The number of nitrogens with one attached hydrogen (secondary N) is 1. The van der Waals surface area contributed by atoms with E-state index in [1.165, 1.54) is 0 Å². The molecule has 0 bridgehead atoms. The Kier molecular flexibility index (Phi) is 5.24. The fraction of sp³-hybridized carbons (Fsp3) is 0.143. The fourth-order valence-corrected chi connectivity index (χ4v) is 2.88. The molecule has 0 aromatic heterocycles. The molecule has 0 atom stereocenters. The molecule has 0 aliphatic rings. The molecule has 4 nitrogen and oxygen atoms in total. The van der Waals surface area contributed by atoms with E-state index in [1.54, 1.807) is 56.3 Å². The van der Waals surface area contributed by atoms with Crippen LogP contribution in [0.1, 0.15) is 34.6 Å². The van der Waals surface area contributed by atoms with Gasteiger partial charge >= 0.3 is 5.97 Å². The molecule has 26 heavy (non-hydrogen) atoms. The highest BCUT2D eigenvalue weighted by molar-refractivity contribution is 6.36. The Labute approximate surface area is 156 Å². The molecule has 0 radical (unpaired) electrons. The van der Waals surface area contributed by atoms with E-state index in [0.717, 1.165) is 10.8 Å². The molecule has 1 N–H and O–H groups in total. The Morgan fingerprint density at radius 2 is 1.58 bits per heavy atom. The van der Waals surface area contributed by atoms with E-state index in [4.69, 9.17) is 16.3 Å². The number of halogens is 1. The quantitative estimate of drug-likeness (QED) is 0.635. The van der Waals surface area contributed by atoms with E-state index in [9.17, 15) is 9.59 Å². The van der Waals surface area contributed by atoms with Crippen LogP contribution in [0.15, 0.2) is 60.7 Å². The number of carbonyl (C=O) groups is 2. The summed E-state index contributed by atoms with van der Waals surface area (Å²) in [7, 11) is 0. The van der Waals surface area contributed by atoms with Gasteiger partial charge in [-0.25, -0.2) is 4.79 Å². The van der Waals surface area contributed by atoms with Gasteiger partial charge in [-0.05, 0) is 55.6 Å². The zero-order valence-electron chi connectivity index (χ0n) is 14.5. The van der Waals surface area contributed by atoms with Gasteiger partial charge < -0.3 is 10.1 Å². The minimum absolute atomic E-state index is 0.180. The van der Waals surface area contributed by atoms with Crippen molar-refractivity contribution >= 4 is 39.9 Å². The molecule has 0 aliphatic carbocycles. The first-order chi connectivity index (χ1) is 12.5. The summed E-state index contributed by atoms with van der Waals surface area (Å²) in [6.07, 6.45) is -0.180. The fourth-order valence-electron chi connectivity index (χ4n) is 2.64. The topological polar surface area (TPSA) is 55.4 Å². The Hall–Kier alpha value is -2.85. The maximum Gasteiger partial charge on any atom is 0.338 e. The lowest BCUT2D eigenvalue weighted by Crippen LogP contribution is -2.13. The standard InChI is InChI=1S/C21H18ClNO3/c1-13(2)26-21(25)14-9-11-15(12-10-14)23-20(24)18-7-3-6-17-16(18)5-4-8-19(17)22/h3-13H,1-2H3,(H,23,24). The monoisotopic (exact) mass is 367 g/mol.